The van der Waals surface area contributed by atoms with Crippen molar-refractivity contribution in [2.75, 3.05) is 6.61 Å². The number of hydrogen-bond donors (Lipinski definition) is 1. The predicted octanol–water partition coefficient (Wildman–Crippen LogP) is 3.31. The molecular weight excluding hydrogens is 354 g/mol. The van der Waals surface area contributed by atoms with E-state index in [0.717, 1.165) is 16.3 Å². The van der Waals surface area contributed by atoms with E-state index in [4.69, 9.17) is 4.74 Å². The fraction of sp³-hybridized carbons (Fsp3) is 0.174. The highest BCUT2D eigenvalue weighted by molar-refractivity contribution is 6.05. The minimum atomic E-state index is -0.661. The summed E-state index contributed by atoms with van der Waals surface area (Å²) in [5.41, 5.74) is 1.34. The standard InChI is InChI=1S/C23H21NO4/c1-16(25)21(14-17-8-3-2-4-9-17)24-22(26)15-28-23(27)20-13-7-11-18-10-5-6-12-19(18)20/h2-13,21H,14-15H2,1H3,(H,24,26)/t21-/m0/s1. The normalized spacial score (nSPS) is 11.6. The van der Waals surface area contributed by atoms with Crippen molar-refractivity contribution in [1.29, 1.82) is 0 Å². The van der Waals surface area contributed by atoms with Crippen molar-refractivity contribution >= 4 is 28.4 Å². The van der Waals surface area contributed by atoms with Gasteiger partial charge in [-0.25, -0.2) is 4.79 Å². The second kappa shape index (κ2) is 8.95. The molecular formula is C23H21NO4. The first-order valence-corrected chi connectivity index (χ1v) is 9.03. The quantitative estimate of drug-likeness (QED) is 0.643. The fourth-order valence-electron chi connectivity index (χ4n) is 2.99. The molecule has 28 heavy (non-hydrogen) atoms. The molecule has 0 fully saturated rings. The number of amides is 1. The van der Waals surface area contributed by atoms with Crippen molar-refractivity contribution in [1.82, 2.24) is 5.32 Å². The Kier molecular flexibility index (Phi) is 6.17. The maximum absolute atomic E-state index is 12.4. The first-order valence-electron chi connectivity index (χ1n) is 9.03. The molecule has 5 heteroatoms. The van der Waals surface area contributed by atoms with Crippen LogP contribution in [0.2, 0.25) is 0 Å². The minimum Gasteiger partial charge on any atom is -0.452 e. The van der Waals surface area contributed by atoms with E-state index in [9.17, 15) is 14.4 Å². The Morgan fingerprint density at radius 2 is 1.57 bits per heavy atom. The summed E-state index contributed by atoms with van der Waals surface area (Å²) in [5.74, 6) is -1.24. The van der Waals surface area contributed by atoms with Gasteiger partial charge < -0.3 is 10.1 Å². The van der Waals surface area contributed by atoms with Crippen LogP contribution in [0.1, 0.15) is 22.8 Å². The number of Topliss-reactive ketones (excluding diaryl/α,β-unsaturated/α-hetero) is 1. The van der Waals surface area contributed by atoms with E-state index >= 15 is 0 Å². The van der Waals surface area contributed by atoms with Crippen LogP contribution in [0, 0.1) is 0 Å². The van der Waals surface area contributed by atoms with Gasteiger partial charge >= 0.3 is 5.97 Å². The summed E-state index contributed by atoms with van der Waals surface area (Å²) in [6.45, 7) is 0.983. The van der Waals surface area contributed by atoms with Crippen LogP contribution in [0.3, 0.4) is 0 Å². The van der Waals surface area contributed by atoms with Crippen LogP contribution in [0.4, 0.5) is 0 Å². The van der Waals surface area contributed by atoms with Crippen molar-refractivity contribution in [3.8, 4) is 0 Å². The third kappa shape index (κ3) is 4.82. The van der Waals surface area contributed by atoms with E-state index in [1.165, 1.54) is 6.92 Å². The molecule has 0 aliphatic rings. The molecule has 1 N–H and O–H groups in total. The molecule has 0 aromatic heterocycles. The van der Waals surface area contributed by atoms with Crippen molar-refractivity contribution in [2.45, 2.75) is 19.4 Å². The monoisotopic (exact) mass is 375 g/mol. The van der Waals surface area contributed by atoms with E-state index in [0.29, 0.717) is 12.0 Å². The molecule has 5 nitrogen and oxygen atoms in total. The van der Waals surface area contributed by atoms with Gasteiger partial charge in [-0.05, 0) is 35.7 Å². The lowest BCUT2D eigenvalue weighted by Gasteiger charge is -2.16. The summed E-state index contributed by atoms with van der Waals surface area (Å²) < 4.78 is 5.17. The predicted molar refractivity (Wildman–Crippen MR) is 107 cm³/mol. The van der Waals surface area contributed by atoms with E-state index in [1.807, 2.05) is 60.7 Å². The van der Waals surface area contributed by atoms with E-state index in [-0.39, 0.29) is 5.78 Å². The zero-order valence-electron chi connectivity index (χ0n) is 15.6. The summed E-state index contributed by atoms with van der Waals surface area (Å²) in [7, 11) is 0. The number of rotatable bonds is 7. The zero-order valence-corrected chi connectivity index (χ0v) is 15.6. The summed E-state index contributed by atoms with van der Waals surface area (Å²) in [6, 6.07) is 21.6. The Labute approximate surface area is 163 Å². The highest BCUT2D eigenvalue weighted by Crippen LogP contribution is 2.19. The number of nitrogens with one attached hydrogen (secondary N) is 1. The molecule has 0 bridgehead atoms. The number of ether oxygens (including phenoxy) is 1. The molecule has 1 amide bonds. The van der Waals surface area contributed by atoms with Crippen molar-refractivity contribution in [3.63, 3.8) is 0 Å². The number of benzene rings is 3. The van der Waals surface area contributed by atoms with Gasteiger partial charge in [-0.15, -0.1) is 0 Å². The van der Waals surface area contributed by atoms with Crippen LogP contribution in [0.25, 0.3) is 10.8 Å². The van der Waals surface area contributed by atoms with Crippen LogP contribution in [0.5, 0.6) is 0 Å². The van der Waals surface area contributed by atoms with Gasteiger partial charge in [0.05, 0.1) is 11.6 Å². The topological polar surface area (TPSA) is 72.5 Å². The molecule has 3 aromatic carbocycles. The Hall–Kier alpha value is -3.47. The molecule has 0 saturated carbocycles. The van der Waals surface area contributed by atoms with Crippen LogP contribution >= 0.6 is 0 Å². The summed E-state index contributed by atoms with van der Waals surface area (Å²) in [6.07, 6.45) is 0.388. The van der Waals surface area contributed by atoms with Gasteiger partial charge in [-0.1, -0.05) is 66.7 Å². The van der Waals surface area contributed by atoms with Gasteiger partial charge in [-0.2, -0.15) is 0 Å². The lowest BCUT2D eigenvalue weighted by atomic mass is 10.0. The van der Waals surface area contributed by atoms with E-state index < -0.39 is 24.5 Å². The maximum Gasteiger partial charge on any atom is 0.339 e. The third-order valence-electron chi connectivity index (χ3n) is 4.45. The van der Waals surface area contributed by atoms with Crippen LogP contribution in [-0.2, 0) is 20.7 Å². The average molecular weight is 375 g/mol. The first kappa shape index (κ1) is 19.3. The summed E-state index contributed by atoms with van der Waals surface area (Å²) >= 11 is 0. The Morgan fingerprint density at radius 1 is 0.893 bits per heavy atom. The van der Waals surface area contributed by atoms with Crippen molar-refractivity contribution in [2.24, 2.45) is 0 Å². The van der Waals surface area contributed by atoms with Gasteiger partial charge in [0.1, 0.15) is 0 Å². The molecule has 3 rings (SSSR count). The van der Waals surface area contributed by atoms with Gasteiger partial charge in [0.25, 0.3) is 5.91 Å². The lowest BCUT2D eigenvalue weighted by molar-refractivity contribution is -0.128. The highest BCUT2D eigenvalue weighted by Gasteiger charge is 2.19. The summed E-state index contributed by atoms with van der Waals surface area (Å²) in [4.78, 5) is 36.5. The van der Waals surface area contributed by atoms with Gasteiger partial charge in [-0.3, -0.25) is 9.59 Å². The average Bonchev–Trinajstić information content (AvgIpc) is 2.71. The van der Waals surface area contributed by atoms with Crippen LogP contribution in [0.15, 0.2) is 72.8 Å². The number of fused-ring (bicyclic) bond motifs is 1. The number of carbonyl (C=O) groups is 3. The SMILES string of the molecule is CC(=O)[C@H](Cc1ccccc1)NC(=O)COC(=O)c1cccc2ccccc12. The molecule has 3 aromatic rings. The Balaban J connectivity index is 1.61. The largest absolute Gasteiger partial charge is 0.452 e. The molecule has 0 aliphatic heterocycles. The molecule has 0 unspecified atom stereocenters. The van der Waals surface area contributed by atoms with Gasteiger partial charge in [0.2, 0.25) is 0 Å². The van der Waals surface area contributed by atoms with Gasteiger partial charge in [0.15, 0.2) is 12.4 Å². The van der Waals surface area contributed by atoms with E-state index in [1.54, 1.807) is 12.1 Å². The minimum absolute atomic E-state index is 0.155. The number of ketones is 1. The third-order valence-corrected chi connectivity index (χ3v) is 4.45. The van der Waals surface area contributed by atoms with Crippen molar-refractivity contribution < 1.29 is 19.1 Å². The first-order chi connectivity index (χ1) is 13.5. The molecule has 0 spiro atoms. The van der Waals surface area contributed by atoms with Gasteiger partial charge in [0, 0.05) is 0 Å². The summed E-state index contributed by atoms with van der Waals surface area (Å²) in [5, 5.41) is 4.33. The molecule has 0 radical (unpaired) electrons. The smallest absolute Gasteiger partial charge is 0.339 e. The maximum atomic E-state index is 12.4. The molecule has 1 atom stereocenters. The Morgan fingerprint density at radius 3 is 2.32 bits per heavy atom. The van der Waals surface area contributed by atoms with Crippen LogP contribution < -0.4 is 5.32 Å². The molecule has 0 heterocycles. The second-order valence-electron chi connectivity index (χ2n) is 6.52. The fourth-order valence-corrected chi connectivity index (χ4v) is 2.99. The lowest BCUT2D eigenvalue weighted by Crippen LogP contribution is -2.43. The molecule has 0 saturated heterocycles. The molecule has 142 valence electrons. The Bertz CT molecular complexity index is 992. The number of hydrogen-bond acceptors (Lipinski definition) is 4. The highest BCUT2D eigenvalue weighted by atomic mass is 16.5. The van der Waals surface area contributed by atoms with E-state index in [2.05, 4.69) is 5.32 Å². The zero-order chi connectivity index (χ0) is 19.9. The number of carbonyl (C=O) groups excluding carboxylic acids is 3. The van der Waals surface area contributed by atoms with Crippen LogP contribution in [-0.4, -0.2) is 30.3 Å². The second-order valence-corrected chi connectivity index (χ2v) is 6.52. The van der Waals surface area contributed by atoms with Crippen molar-refractivity contribution in [3.05, 3.63) is 83.9 Å². The molecule has 0 aliphatic carbocycles. The number of esters is 1.